The molecule has 1 radical (unpaired) electrons. The molecule has 97 valence electrons. The maximum Gasteiger partial charge on any atom is 0.330 e. The van der Waals surface area contributed by atoms with Gasteiger partial charge in [-0.05, 0) is 6.42 Å². The third-order valence-electron chi connectivity index (χ3n) is 2.77. The molecule has 1 heterocycles. The van der Waals surface area contributed by atoms with Crippen molar-refractivity contribution >= 4 is 5.97 Å². The lowest BCUT2D eigenvalue weighted by Gasteiger charge is -2.38. The van der Waals surface area contributed by atoms with Crippen molar-refractivity contribution in [2.45, 2.75) is 33.5 Å². The zero-order valence-electron chi connectivity index (χ0n) is 10.8. The largest absolute Gasteiger partial charge is 0.462 e. The van der Waals surface area contributed by atoms with Gasteiger partial charge in [0.2, 0.25) is 0 Å². The summed E-state index contributed by atoms with van der Waals surface area (Å²) in [6.45, 7) is 10.8. The number of rotatable bonds is 5. The minimum Gasteiger partial charge on any atom is -0.462 e. The van der Waals surface area contributed by atoms with Gasteiger partial charge in [0.1, 0.15) is 6.61 Å². The molecular weight excluding hydrogens is 220 g/mol. The molecule has 4 heteroatoms. The maximum absolute atomic E-state index is 11.0. The Morgan fingerprint density at radius 3 is 2.59 bits per heavy atom. The van der Waals surface area contributed by atoms with Crippen molar-refractivity contribution in [3.63, 3.8) is 0 Å². The van der Waals surface area contributed by atoms with Crippen LogP contribution in [0.15, 0.2) is 12.7 Å². The fourth-order valence-corrected chi connectivity index (χ4v) is 1.52. The fraction of sp³-hybridized carbons (Fsp3) is 0.692. The van der Waals surface area contributed by atoms with Crippen LogP contribution in [0.2, 0.25) is 0 Å². The minimum atomic E-state index is -0.422. The Kier molecular flexibility index (Phi) is 5.15. The van der Waals surface area contributed by atoms with Crippen molar-refractivity contribution in [3.05, 3.63) is 18.6 Å². The monoisotopic (exact) mass is 241 g/mol. The molecule has 4 nitrogen and oxygen atoms in total. The van der Waals surface area contributed by atoms with E-state index in [1.165, 1.54) is 5.92 Å². The summed E-state index contributed by atoms with van der Waals surface area (Å²) in [4.78, 5) is 11.0. The van der Waals surface area contributed by atoms with E-state index in [1.807, 2.05) is 13.8 Å². The van der Waals surface area contributed by atoms with Gasteiger partial charge in [-0.3, -0.25) is 0 Å². The van der Waals surface area contributed by atoms with Gasteiger partial charge in [-0.2, -0.15) is 0 Å². The molecule has 0 aromatic rings. The second kappa shape index (κ2) is 6.17. The Labute approximate surface area is 103 Å². The van der Waals surface area contributed by atoms with Crippen LogP contribution in [0.1, 0.15) is 27.2 Å². The average molecular weight is 241 g/mol. The number of esters is 1. The van der Waals surface area contributed by atoms with E-state index in [9.17, 15) is 4.79 Å². The molecule has 1 aliphatic rings. The summed E-state index contributed by atoms with van der Waals surface area (Å²) in [6, 6.07) is 0. The summed E-state index contributed by atoms with van der Waals surface area (Å²) in [5, 5.41) is 0. The third kappa shape index (κ3) is 4.13. The average Bonchev–Trinajstić information content (AvgIpc) is 2.36. The Bertz CT molecular complexity index is 265. The predicted octanol–water partition coefficient (Wildman–Crippen LogP) is 2.10. The molecule has 1 rings (SSSR count). The molecule has 0 saturated carbocycles. The molecule has 0 aliphatic carbocycles. The standard InChI is InChI=1S/C13H21O4/c1-5-10-7-15-12(16-8-10)13(3,4)9-17-11(14)6-2/h6,12H,2,5,7-9H2,1,3-4H3. The normalized spacial score (nSPS) is 19.0. The SMILES string of the molecule is C=CC(=O)OCC(C)(C)C1OC[C](CC)CO1. The van der Waals surface area contributed by atoms with Gasteiger partial charge in [0.25, 0.3) is 0 Å². The van der Waals surface area contributed by atoms with E-state index < -0.39 is 5.97 Å². The van der Waals surface area contributed by atoms with E-state index in [0.717, 1.165) is 12.5 Å². The van der Waals surface area contributed by atoms with Gasteiger partial charge in [-0.15, -0.1) is 0 Å². The van der Waals surface area contributed by atoms with Gasteiger partial charge < -0.3 is 14.2 Å². The molecule has 0 spiro atoms. The van der Waals surface area contributed by atoms with Crippen molar-refractivity contribution in [1.82, 2.24) is 0 Å². The molecule has 1 aliphatic heterocycles. The van der Waals surface area contributed by atoms with Crippen LogP contribution in [0, 0.1) is 11.3 Å². The maximum atomic E-state index is 11.0. The summed E-state index contributed by atoms with van der Waals surface area (Å²) in [7, 11) is 0. The number of hydrogen-bond donors (Lipinski definition) is 0. The van der Waals surface area contributed by atoms with Gasteiger partial charge in [0.15, 0.2) is 6.29 Å². The summed E-state index contributed by atoms with van der Waals surface area (Å²) < 4.78 is 16.3. The third-order valence-corrected chi connectivity index (χ3v) is 2.77. The fourth-order valence-electron chi connectivity index (χ4n) is 1.52. The lowest BCUT2D eigenvalue weighted by atomic mass is 9.93. The lowest BCUT2D eigenvalue weighted by molar-refractivity contribution is -0.230. The van der Waals surface area contributed by atoms with Crippen LogP contribution in [0.5, 0.6) is 0 Å². The minimum absolute atomic E-state index is 0.254. The van der Waals surface area contributed by atoms with Gasteiger partial charge in [-0.1, -0.05) is 27.4 Å². The highest BCUT2D eigenvalue weighted by Gasteiger charge is 2.36. The van der Waals surface area contributed by atoms with Gasteiger partial charge in [-0.25, -0.2) is 4.79 Å². The van der Waals surface area contributed by atoms with Crippen LogP contribution in [-0.4, -0.2) is 32.1 Å². The topological polar surface area (TPSA) is 44.8 Å². The number of hydrogen-bond acceptors (Lipinski definition) is 4. The molecule has 0 amide bonds. The van der Waals surface area contributed by atoms with Gasteiger partial charge in [0, 0.05) is 17.4 Å². The summed E-state index contributed by atoms with van der Waals surface area (Å²) >= 11 is 0. The highest BCUT2D eigenvalue weighted by Crippen LogP contribution is 2.29. The Morgan fingerprint density at radius 2 is 2.12 bits per heavy atom. The molecular formula is C13H21O4. The van der Waals surface area contributed by atoms with E-state index in [0.29, 0.717) is 13.2 Å². The van der Waals surface area contributed by atoms with Crippen LogP contribution >= 0.6 is 0 Å². The number of ether oxygens (including phenoxy) is 3. The van der Waals surface area contributed by atoms with Crippen LogP contribution < -0.4 is 0 Å². The Balaban J connectivity index is 2.42. The first-order chi connectivity index (χ1) is 7.99. The van der Waals surface area contributed by atoms with Crippen LogP contribution in [0.25, 0.3) is 0 Å². The second-order valence-corrected chi connectivity index (χ2v) is 4.86. The molecule has 0 bridgehead atoms. The van der Waals surface area contributed by atoms with E-state index >= 15 is 0 Å². The molecule has 17 heavy (non-hydrogen) atoms. The van der Waals surface area contributed by atoms with E-state index in [-0.39, 0.29) is 18.3 Å². The molecule has 1 fully saturated rings. The van der Waals surface area contributed by atoms with Crippen LogP contribution in [0.3, 0.4) is 0 Å². The predicted molar refractivity (Wildman–Crippen MR) is 64.2 cm³/mol. The molecule has 0 aromatic carbocycles. The zero-order valence-corrected chi connectivity index (χ0v) is 10.8. The lowest BCUT2D eigenvalue weighted by Crippen LogP contribution is -2.43. The van der Waals surface area contributed by atoms with Crippen molar-refractivity contribution in [2.75, 3.05) is 19.8 Å². The first kappa shape index (κ1) is 14.2. The quantitative estimate of drug-likeness (QED) is 0.546. The number of carbonyl (C=O) groups is 1. The van der Waals surface area contributed by atoms with Crippen LogP contribution in [0.4, 0.5) is 0 Å². The van der Waals surface area contributed by atoms with E-state index in [1.54, 1.807) is 0 Å². The number of carbonyl (C=O) groups excluding carboxylic acids is 1. The first-order valence-electron chi connectivity index (χ1n) is 5.85. The Hall–Kier alpha value is -0.870. The highest BCUT2D eigenvalue weighted by molar-refractivity contribution is 5.81. The summed E-state index contributed by atoms with van der Waals surface area (Å²) in [6.07, 6.45) is 1.79. The van der Waals surface area contributed by atoms with E-state index in [2.05, 4.69) is 13.5 Å². The van der Waals surface area contributed by atoms with Crippen molar-refractivity contribution in [1.29, 1.82) is 0 Å². The summed E-state index contributed by atoms with van der Waals surface area (Å²) in [5.74, 6) is 0.829. The van der Waals surface area contributed by atoms with Crippen molar-refractivity contribution in [3.8, 4) is 0 Å². The molecule has 0 atom stereocenters. The van der Waals surface area contributed by atoms with Crippen molar-refractivity contribution in [2.24, 2.45) is 5.41 Å². The Morgan fingerprint density at radius 1 is 1.53 bits per heavy atom. The zero-order chi connectivity index (χ0) is 12.9. The summed E-state index contributed by atoms with van der Waals surface area (Å²) in [5.41, 5.74) is -0.363. The molecule has 0 unspecified atom stereocenters. The van der Waals surface area contributed by atoms with E-state index in [4.69, 9.17) is 14.2 Å². The molecule has 0 N–H and O–H groups in total. The molecule has 1 saturated heterocycles. The van der Waals surface area contributed by atoms with Gasteiger partial charge >= 0.3 is 5.97 Å². The smallest absolute Gasteiger partial charge is 0.330 e. The van der Waals surface area contributed by atoms with Gasteiger partial charge in [0.05, 0.1) is 13.2 Å². The first-order valence-corrected chi connectivity index (χ1v) is 5.85. The second-order valence-electron chi connectivity index (χ2n) is 4.86. The highest BCUT2D eigenvalue weighted by atomic mass is 16.7. The van der Waals surface area contributed by atoms with Crippen molar-refractivity contribution < 1.29 is 19.0 Å². The van der Waals surface area contributed by atoms with Crippen LogP contribution in [-0.2, 0) is 19.0 Å². The molecule has 0 aromatic heterocycles.